The van der Waals surface area contributed by atoms with Gasteiger partial charge in [-0.3, -0.25) is 0 Å². The largest absolute Gasteiger partial charge is 0.508 e. The maximum absolute atomic E-state index is 11.8. The van der Waals surface area contributed by atoms with Crippen molar-refractivity contribution in [2.24, 2.45) is 0 Å². The molecule has 0 fully saturated rings. The standard InChI is InChI=1S/C38H30O6/c39-27-17-15-25-29-23(27)13-11-21(19-7-3-1-4-8-19)31(29)35(41)37(43)33(25)34-26-16-18-28(40)24-14-12-22(20-9-5-2-6-10-20)32(30(24)26)36(42)38(34)44/h1-10,15-18,21-22,39-44H,11-14H2. The Hall–Kier alpha value is -5.36. The average molecular weight is 583 g/mol. The molecule has 8 rings (SSSR count). The molecule has 0 saturated heterocycles. The molecule has 0 heterocycles. The van der Waals surface area contributed by atoms with E-state index < -0.39 is 11.5 Å². The summed E-state index contributed by atoms with van der Waals surface area (Å²) in [6.07, 6.45) is 2.35. The van der Waals surface area contributed by atoms with E-state index in [-0.39, 0.29) is 46.0 Å². The van der Waals surface area contributed by atoms with Gasteiger partial charge in [0, 0.05) is 45.2 Å². The molecule has 2 atom stereocenters. The van der Waals surface area contributed by atoms with Gasteiger partial charge in [0.25, 0.3) is 0 Å². The van der Waals surface area contributed by atoms with Gasteiger partial charge in [0.1, 0.15) is 11.5 Å². The van der Waals surface area contributed by atoms with Crippen LogP contribution in [0.15, 0.2) is 84.9 Å². The maximum atomic E-state index is 11.8. The van der Waals surface area contributed by atoms with Crippen LogP contribution in [-0.4, -0.2) is 30.6 Å². The molecule has 0 amide bonds. The minimum atomic E-state index is -0.415. The van der Waals surface area contributed by atoms with Gasteiger partial charge in [-0.05, 0) is 82.6 Å². The SMILES string of the molecule is Oc1ccc2c(-c3c(O)c(O)c4c5c(c(O)ccc35)CCC4c3ccccc3)c(O)c(O)c3c2c1CCC3c1ccccc1. The molecule has 0 spiro atoms. The molecule has 6 nitrogen and oxygen atoms in total. The third-order valence-electron chi connectivity index (χ3n) is 9.80. The monoisotopic (exact) mass is 582 g/mol. The van der Waals surface area contributed by atoms with Gasteiger partial charge >= 0.3 is 0 Å². The molecule has 0 bridgehead atoms. The van der Waals surface area contributed by atoms with E-state index in [9.17, 15) is 30.6 Å². The molecule has 0 saturated carbocycles. The van der Waals surface area contributed by atoms with Gasteiger partial charge in [-0.15, -0.1) is 0 Å². The highest BCUT2D eigenvalue weighted by Gasteiger charge is 2.36. The summed E-state index contributed by atoms with van der Waals surface area (Å²) in [6.45, 7) is 0. The zero-order valence-corrected chi connectivity index (χ0v) is 23.7. The first-order valence-electron chi connectivity index (χ1n) is 14.9. The molecular formula is C38H30O6. The predicted molar refractivity (Wildman–Crippen MR) is 170 cm³/mol. The molecular weight excluding hydrogens is 552 g/mol. The molecule has 6 aromatic carbocycles. The number of aromatic hydroxyl groups is 6. The Morgan fingerprint density at radius 1 is 0.432 bits per heavy atom. The van der Waals surface area contributed by atoms with Crippen LogP contribution in [0.4, 0.5) is 0 Å². The van der Waals surface area contributed by atoms with Crippen molar-refractivity contribution in [3.05, 3.63) is 118 Å². The Bertz CT molecular complexity index is 1980. The lowest BCUT2D eigenvalue weighted by Crippen LogP contribution is -2.12. The van der Waals surface area contributed by atoms with Gasteiger partial charge in [0.2, 0.25) is 0 Å². The molecule has 2 aliphatic carbocycles. The second-order valence-electron chi connectivity index (χ2n) is 11.9. The summed E-state index contributed by atoms with van der Waals surface area (Å²) in [5, 5.41) is 71.3. The Labute approximate surface area is 253 Å². The van der Waals surface area contributed by atoms with E-state index >= 15 is 0 Å². The minimum Gasteiger partial charge on any atom is -0.508 e. The van der Waals surface area contributed by atoms with Gasteiger partial charge in [-0.1, -0.05) is 60.7 Å². The van der Waals surface area contributed by atoms with E-state index in [2.05, 4.69) is 0 Å². The molecule has 0 aliphatic heterocycles. The quantitative estimate of drug-likeness (QED) is 0.117. The molecule has 6 aromatic rings. The van der Waals surface area contributed by atoms with E-state index in [1.807, 2.05) is 60.7 Å². The van der Waals surface area contributed by atoms with Crippen molar-refractivity contribution in [2.75, 3.05) is 0 Å². The highest BCUT2D eigenvalue weighted by molar-refractivity contribution is 6.15. The van der Waals surface area contributed by atoms with E-state index in [1.165, 1.54) is 0 Å². The first-order valence-corrected chi connectivity index (χ1v) is 14.9. The zero-order chi connectivity index (χ0) is 30.3. The lowest BCUT2D eigenvalue weighted by Gasteiger charge is -2.31. The lowest BCUT2D eigenvalue weighted by atomic mass is 9.73. The summed E-state index contributed by atoms with van der Waals surface area (Å²) in [4.78, 5) is 0. The van der Waals surface area contributed by atoms with Crippen LogP contribution in [-0.2, 0) is 12.8 Å². The zero-order valence-electron chi connectivity index (χ0n) is 23.7. The van der Waals surface area contributed by atoms with E-state index in [0.717, 1.165) is 11.1 Å². The van der Waals surface area contributed by atoms with Crippen molar-refractivity contribution in [3.8, 4) is 45.6 Å². The molecule has 2 aliphatic rings. The van der Waals surface area contributed by atoms with Gasteiger partial charge in [0.05, 0.1) is 0 Å². The van der Waals surface area contributed by atoms with Crippen molar-refractivity contribution in [3.63, 3.8) is 0 Å². The summed E-state index contributed by atoms with van der Waals surface area (Å²) < 4.78 is 0. The Kier molecular flexibility index (Phi) is 5.72. The molecule has 6 heteroatoms. The van der Waals surface area contributed by atoms with Crippen LogP contribution in [0.2, 0.25) is 0 Å². The topological polar surface area (TPSA) is 121 Å². The normalized spacial score (nSPS) is 17.3. The minimum absolute atomic E-state index is 0.0980. The fourth-order valence-corrected chi connectivity index (χ4v) is 7.88. The number of hydrogen-bond acceptors (Lipinski definition) is 6. The number of aryl methyl sites for hydroxylation is 2. The third kappa shape index (κ3) is 3.54. The average Bonchev–Trinajstić information content (AvgIpc) is 3.06. The van der Waals surface area contributed by atoms with Gasteiger partial charge in [-0.2, -0.15) is 0 Å². The lowest BCUT2D eigenvalue weighted by molar-refractivity contribution is 0.393. The summed E-state index contributed by atoms with van der Waals surface area (Å²) in [5.41, 5.74) is 4.66. The predicted octanol–water partition coefficient (Wildman–Crippen LogP) is 8.05. The van der Waals surface area contributed by atoms with Crippen molar-refractivity contribution < 1.29 is 30.6 Å². The van der Waals surface area contributed by atoms with Crippen LogP contribution < -0.4 is 0 Å². The highest BCUT2D eigenvalue weighted by Crippen LogP contribution is 2.60. The summed E-state index contributed by atoms with van der Waals surface area (Å²) in [6, 6.07) is 26.1. The van der Waals surface area contributed by atoms with Crippen LogP contribution in [0, 0.1) is 0 Å². The second-order valence-corrected chi connectivity index (χ2v) is 11.9. The smallest absolute Gasteiger partial charge is 0.166 e. The van der Waals surface area contributed by atoms with Gasteiger partial charge in [-0.25, -0.2) is 0 Å². The van der Waals surface area contributed by atoms with Gasteiger partial charge < -0.3 is 30.6 Å². The number of hydrogen-bond donors (Lipinski definition) is 6. The van der Waals surface area contributed by atoms with E-state index in [1.54, 1.807) is 24.3 Å². The Balaban J connectivity index is 1.49. The maximum Gasteiger partial charge on any atom is 0.166 e. The summed E-state index contributed by atoms with van der Waals surface area (Å²) >= 11 is 0. The van der Waals surface area contributed by atoms with Crippen molar-refractivity contribution in [1.29, 1.82) is 0 Å². The van der Waals surface area contributed by atoms with Crippen molar-refractivity contribution in [2.45, 2.75) is 37.5 Å². The number of phenolic OH excluding ortho intramolecular Hbond substituents is 6. The van der Waals surface area contributed by atoms with Crippen LogP contribution in [0.3, 0.4) is 0 Å². The first kappa shape index (κ1) is 26.3. The molecule has 2 unspecified atom stereocenters. The van der Waals surface area contributed by atoms with Crippen LogP contribution >= 0.6 is 0 Å². The fraction of sp³-hybridized carbons (Fsp3) is 0.158. The Morgan fingerprint density at radius 2 is 0.818 bits per heavy atom. The first-order chi connectivity index (χ1) is 21.4. The second kappa shape index (κ2) is 9.58. The molecule has 0 radical (unpaired) electrons. The third-order valence-corrected chi connectivity index (χ3v) is 9.80. The molecule has 0 aromatic heterocycles. The van der Waals surface area contributed by atoms with Crippen molar-refractivity contribution in [1.82, 2.24) is 0 Å². The van der Waals surface area contributed by atoms with Crippen LogP contribution in [0.5, 0.6) is 34.5 Å². The fourth-order valence-electron chi connectivity index (χ4n) is 7.88. The van der Waals surface area contributed by atoms with Crippen molar-refractivity contribution >= 4 is 21.5 Å². The van der Waals surface area contributed by atoms with Crippen LogP contribution in [0.1, 0.15) is 58.1 Å². The summed E-state index contributed by atoms with van der Waals surface area (Å²) in [7, 11) is 0. The molecule has 218 valence electrons. The molecule has 6 N–H and O–H groups in total. The van der Waals surface area contributed by atoms with E-state index in [0.29, 0.717) is 69.5 Å². The number of benzene rings is 6. The Morgan fingerprint density at radius 3 is 1.20 bits per heavy atom. The number of phenols is 6. The number of rotatable bonds is 3. The van der Waals surface area contributed by atoms with E-state index in [4.69, 9.17) is 0 Å². The highest BCUT2D eigenvalue weighted by atomic mass is 16.3. The van der Waals surface area contributed by atoms with Crippen LogP contribution in [0.25, 0.3) is 32.7 Å². The molecule has 44 heavy (non-hydrogen) atoms. The van der Waals surface area contributed by atoms with Gasteiger partial charge in [0.15, 0.2) is 23.0 Å². The summed E-state index contributed by atoms with van der Waals surface area (Å²) in [5.74, 6) is -1.73.